The van der Waals surface area contributed by atoms with Crippen LogP contribution in [0.3, 0.4) is 0 Å². The van der Waals surface area contributed by atoms with Crippen molar-refractivity contribution in [2.75, 3.05) is 13.1 Å². The standard InChI is InChI=1S/C24H26ClN3O2/c1-15-5-6-19(11-16(15)2)22-12-23(24(29)27-13-17(3)30-18(4)14-27)28(26-22)21-9-7-20(25)8-10-21/h5-12,17-18H,13-14H2,1-4H3. The zero-order valence-corrected chi connectivity index (χ0v) is 18.5. The molecule has 1 aromatic heterocycles. The van der Waals surface area contributed by atoms with Crippen molar-refractivity contribution in [2.24, 2.45) is 0 Å². The van der Waals surface area contributed by atoms with E-state index >= 15 is 0 Å². The predicted octanol–water partition coefficient (Wildman–Crippen LogP) is 5.06. The molecule has 2 atom stereocenters. The van der Waals surface area contributed by atoms with Gasteiger partial charge in [-0.3, -0.25) is 4.79 Å². The van der Waals surface area contributed by atoms with Gasteiger partial charge in [0.1, 0.15) is 5.69 Å². The van der Waals surface area contributed by atoms with Crippen molar-refractivity contribution in [1.29, 1.82) is 0 Å². The normalized spacial score (nSPS) is 19.2. The zero-order chi connectivity index (χ0) is 21.4. The van der Waals surface area contributed by atoms with Crippen LogP contribution in [0.15, 0.2) is 48.5 Å². The molecule has 2 unspecified atom stereocenters. The number of hydrogen-bond acceptors (Lipinski definition) is 3. The molecule has 6 heteroatoms. The van der Waals surface area contributed by atoms with E-state index < -0.39 is 0 Å². The molecule has 1 saturated heterocycles. The van der Waals surface area contributed by atoms with Crippen LogP contribution in [0.5, 0.6) is 0 Å². The lowest BCUT2D eigenvalue weighted by molar-refractivity contribution is -0.0588. The molecule has 1 fully saturated rings. The van der Waals surface area contributed by atoms with Crippen molar-refractivity contribution in [3.8, 4) is 16.9 Å². The third kappa shape index (κ3) is 4.13. The maximum Gasteiger partial charge on any atom is 0.272 e. The van der Waals surface area contributed by atoms with Gasteiger partial charge >= 0.3 is 0 Å². The van der Waals surface area contributed by atoms with Gasteiger partial charge in [-0.2, -0.15) is 5.10 Å². The number of benzene rings is 2. The Hall–Kier alpha value is -2.63. The van der Waals surface area contributed by atoms with Crippen LogP contribution in [0.4, 0.5) is 0 Å². The Morgan fingerprint density at radius 3 is 2.30 bits per heavy atom. The number of carbonyl (C=O) groups excluding carboxylic acids is 1. The van der Waals surface area contributed by atoms with E-state index in [0.717, 1.165) is 16.9 Å². The van der Waals surface area contributed by atoms with Gasteiger partial charge in [-0.05, 0) is 75.2 Å². The molecule has 2 aromatic carbocycles. The van der Waals surface area contributed by atoms with Gasteiger partial charge in [-0.15, -0.1) is 0 Å². The third-order valence-corrected chi connectivity index (χ3v) is 5.76. The molecule has 30 heavy (non-hydrogen) atoms. The number of hydrogen-bond donors (Lipinski definition) is 0. The Morgan fingerprint density at radius 2 is 1.67 bits per heavy atom. The molecule has 0 aliphatic carbocycles. The van der Waals surface area contributed by atoms with E-state index in [2.05, 4.69) is 26.0 Å². The van der Waals surface area contributed by atoms with Crippen molar-refractivity contribution in [2.45, 2.75) is 39.9 Å². The number of rotatable bonds is 3. The van der Waals surface area contributed by atoms with Crippen LogP contribution in [0.2, 0.25) is 5.02 Å². The Bertz CT molecular complexity index is 1060. The highest BCUT2D eigenvalue weighted by Gasteiger charge is 2.29. The zero-order valence-electron chi connectivity index (χ0n) is 17.7. The summed E-state index contributed by atoms with van der Waals surface area (Å²) < 4.78 is 7.51. The Balaban J connectivity index is 1.79. The predicted molar refractivity (Wildman–Crippen MR) is 119 cm³/mol. The molecule has 3 aromatic rings. The summed E-state index contributed by atoms with van der Waals surface area (Å²) in [5, 5.41) is 5.44. The third-order valence-electron chi connectivity index (χ3n) is 5.51. The summed E-state index contributed by atoms with van der Waals surface area (Å²) >= 11 is 6.07. The average Bonchev–Trinajstić information content (AvgIpc) is 3.14. The highest BCUT2D eigenvalue weighted by Crippen LogP contribution is 2.26. The first-order valence-corrected chi connectivity index (χ1v) is 10.6. The summed E-state index contributed by atoms with van der Waals surface area (Å²) in [6.07, 6.45) is 0.00708. The number of morpholine rings is 1. The molecule has 156 valence electrons. The molecule has 4 rings (SSSR count). The molecule has 1 aliphatic rings. The molecule has 1 amide bonds. The van der Waals surface area contributed by atoms with E-state index in [4.69, 9.17) is 21.4 Å². The number of amides is 1. The van der Waals surface area contributed by atoms with Crippen LogP contribution < -0.4 is 0 Å². The fraction of sp³-hybridized carbons (Fsp3) is 0.333. The number of ether oxygens (including phenoxy) is 1. The summed E-state index contributed by atoms with van der Waals surface area (Å²) in [6, 6.07) is 15.5. The highest BCUT2D eigenvalue weighted by molar-refractivity contribution is 6.30. The summed E-state index contributed by atoms with van der Waals surface area (Å²) in [5.74, 6) is -0.0467. The summed E-state index contributed by atoms with van der Waals surface area (Å²) in [7, 11) is 0. The average molecular weight is 424 g/mol. The van der Waals surface area contributed by atoms with E-state index in [9.17, 15) is 4.79 Å². The van der Waals surface area contributed by atoms with Gasteiger partial charge in [0.2, 0.25) is 0 Å². The van der Waals surface area contributed by atoms with Crippen molar-refractivity contribution in [1.82, 2.24) is 14.7 Å². The molecule has 1 aliphatic heterocycles. The van der Waals surface area contributed by atoms with E-state index in [1.54, 1.807) is 16.8 Å². The number of nitrogens with zero attached hydrogens (tertiary/aromatic N) is 3. The van der Waals surface area contributed by atoms with Gasteiger partial charge in [0.15, 0.2) is 0 Å². The monoisotopic (exact) mass is 423 g/mol. The molecular formula is C24H26ClN3O2. The van der Waals surface area contributed by atoms with Gasteiger partial charge in [0, 0.05) is 23.7 Å². The number of aromatic nitrogens is 2. The van der Waals surface area contributed by atoms with Gasteiger partial charge in [-0.25, -0.2) is 4.68 Å². The van der Waals surface area contributed by atoms with Crippen LogP contribution in [0.25, 0.3) is 16.9 Å². The molecule has 0 saturated carbocycles. The van der Waals surface area contributed by atoms with E-state index in [-0.39, 0.29) is 18.1 Å². The number of aryl methyl sites for hydroxylation is 2. The molecular weight excluding hydrogens is 398 g/mol. The van der Waals surface area contributed by atoms with Gasteiger partial charge < -0.3 is 9.64 Å². The SMILES string of the molecule is Cc1ccc(-c2cc(C(=O)N3CC(C)OC(C)C3)n(-c3ccc(Cl)cc3)n2)cc1C. The fourth-order valence-corrected chi connectivity index (χ4v) is 3.99. The van der Waals surface area contributed by atoms with Gasteiger partial charge in [-0.1, -0.05) is 23.7 Å². The second-order valence-electron chi connectivity index (χ2n) is 8.07. The molecule has 2 heterocycles. The minimum absolute atomic E-state index is 0.00354. The van der Waals surface area contributed by atoms with Crippen LogP contribution in [-0.4, -0.2) is 45.9 Å². The van der Waals surface area contributed by atoms with Crippen LogP contribution in [0, 0.1) is 13.8 Å². The minimum Gasteiger partial charge on any atom is -0.372 e. The summed E-state index contributed by atoms with van der Waals surface area (Å²) in [6.45, 7) is 9.28. The Labute approximate surface area is 182 Å². The van der Waals surface area contributed by atoms with Crippen molar-refractivity contribution < 1.29 is 9.53 Å². The molecule has 0 bridgehead atoms. The second-order valence-corrected chi connectivity index (χ2v) is 8.51. The van der Waals surface area contributed by atoms with E-state index in [1.165, 1.54) is 11.1 Å². The first-order chi connectivity index (χ1) is 14.3. The fourth-order valence-electron chi connectivity index (χ4n) is 3.86. The van der Waals surface area contributed by atoms with Crippen LogP contribution in [-0.2, 0) is 4.74 Å². The lowest BCUT2D eigenvalue weighted by atomic mass is 10.0. The first-order valence-electron chi connectivity index (χ1n) is 10.2. The van der Waals surface area contributed by atoms with Crippen LogP contribution >= 0.6 is 11.6 Å². The largest absolute Gasteiger partial charge is 0.372 e. The maximum atomic E-state index is 13.5. The van der Waals surface area contributed by atoms with E-state index in [1.807, 2.05) is 43.0 Å². The Kier molecular flexibility index (Phi) is 5.67. The second kappa shape index (κ2) is 8.25. The molecule has 5 nitrogen and oxygen atoms in total. The molecule has 0 N–H and O–H groups in total. The van der Waals surface area contributed by atoms with Gasteiger partial charge in [0.05, 0.1) is 23.6 Å². The lowest BCUT2D eigenvalue weighted by Crippen LogP contribution is -2.48. The van der Waals surface area contributed by atoms with Crippen molar-refractivity contribution in [3.05, 3.63) is 70.4 Å². The smallest absolute Gasteiger partial charge is 0.272 e. The lowest BCUT2D eigenvalue weighted by Gasteiger charge is -2.35. The minimum atomic E-state index is -0.0467. The Morgan fingerprint density at radius 1 is 1.00 bits per heavy atom. The number of halogens is 1. The number of carbonyl (C=O) groups is 1. The molecule has 0 radical (unpaired) electrons. The van der Waals surface area contributed by atoms with Crippen molar-refractivity contribution in [3.63, 3.8) is 0 Å². The van der Waals surface area contributed by atoms with E-state index in [0.29, 0.717) is 23.8 Å². The summed E-state index contributed by atoms with van der Waals surface area (Å²) in [4.78, 5) is 15.4. The quantitative estimate of drug-likeness (QED) is 0.591. The topological polar surface area (TPSA) is 47.4 Å². The highest BCUT2D eigenvalue weighted by atomic mass is 35.5. The maximum absolute atomic E-state index is 13.5. The van der Waals surface area contributed by atoms with Crippen LogP contribution in [0.1, 0.15) is 35.5 Å². The van der Waals surface area contributed by atoms with Crippen molar-refractivity contribution >= 4 is 17.5 Å². The molecule has 0 spiro atoms. The van der Waals surface area contributed by atoms with Gasteiger partial charge in [0.25, 0.3) is 5.91 Å². The summed E-state index contributed by atoms with van der Waals surface area (Å²) in [5.41, 5.74) is 5.51. The first kappa shape index (κ1) is 20.6.